The molecule has 1 spiro atoms. The highest BCUT2D eigenvalue weighted by Crippen LogP contribution is 2.39. The van der Waals surface area contributed by atoms with E-state index in [1.165, 1.54) is 0 Å². The smallest absolute Gasteiger partial charge is 0.268 e. The molecule has 1 aromatic carbocycles. The van der Waals surface area contributed by atoms with Crippen molar-refractivity contribution in [3.63, 3.8) is 0 Å². The molecule has 4 aromatic rings. The van der Waals surface area contributed by atoms with Crippen LogP contribution < -0.4 is 9.64 Å². The lowest BCUT2D eigenvalue weighted by atomic mass is 9.82. The number of nitrogens with zero attached hydrogens (tertiary/aromatic N) is 6. The van der Waals surface area contributed by atoms with E-state index in [4.69, 9.17) is 9.15 Å². The Kier molecular flexibility index (Phi) is 5.01. The number of ketones is 1. The highest BCUT2D eigenvalue weighted by atomic mass is 16.5. The third-order valence-electron chi connectivity index (χ3n) is 6.41. The number of piperidine rings is 1. The molecular formula is C25H22N6O3. The molecule has 34 heavy (non-hydrogen) atoms. The third-order valence-corrected chi connectivity index (χ3v) is 6.41. The van der Waals surface area contributed by atoms with Crippen molar-refractivity contribution in [1.82, 2.24) is 25.4 Å². The summed E-state index contributed by atoms with van der Waals surface area (Å²) in [5.74, 6) is 2.46. The molecule has 3 aromatic heterocycles. The van der Waals surface area contributed by atoms with E-state index >= 15 is 0 Å². The van der Waals surface area contributed by atoms with E-state index in [9.17, 15) is 4.79 Å². The molecule has 0 saturated carbocycles. The van der Waals surface area contributed by atoms with E-state index in [2.05, 4.69) is 30.3 Å². The second-order valence-electron chi connectivity index (χ2n) is 8.68. The van der Waals surface area contributed by atoms with E-state index in [0.29, 0.717) is 41.6 Å². The van der Waals surface area contributed by atoms with Crippen molar-refractivity contribution in [2.24, 2.45) is 0 Å². The lowest BCUT2D eigenvalue weighted by molar-refractivity contribution is 0.0231. The number of carbonyl (C=O) groups excluding carboxylic acids is 1. The Morgan fingerprint density at radius 2 is 1.82 bits per heavy atom. The van der Waals surface area contributed by atoms with Crippen molar-refractivity contribution in [1.29, 1.82) is 0 Å². The molecule has 2 aliphatic rings. The maximum atomic E-state index is 12.6. The van der Waals surface area contributed by atoms with Crippen LogP contribution in [0.15, 0.2) is 65.3 Å². The topological polar surface area (TPSA) is 107 Å². The summed E-state index contributed by atoms with van der Waals surface area (Å²) in [7, 11) is 0. The van der Waals surface area contributed by atoms with Gasteiger partial charge >= 0.3 is 0 Å². The summed E-state index contributed by atoms with van der Waals surface area (Å²) in [5, 5.41) is 16.9. The van der Waals surface area contributed by atoms with Crippen LogP contribution in [0.25, 0.3) is 11.6 Å². The van der Waals surface area contributed by atoms with E-state index in [-0.39, 0.29) is 5.78 Å². The van der Waals surface area contributed by atoms with Crippen molar-refractivity contribution in [3.05, 3.63) is 77.9 Å². The summed E-state index contributed by atoms with van der Waals surface area (Å²) in [6.07, 6.45) is 5.92. The van der Waals surface area contributed by atoms with Crippen molar-refractivity contribution in [2.75, 3.05) is 18.0 Å². The first-order valence-electron chi connectivity index (χ1n) is 11.3. The molecule has 0 bridgehead atoms. The summed E-state index contributed by atoms with van der Waals surface area (Å²) >= 11 is 0. The maximum absolute atomic E-state index is 12.6. The van der Waals surface area contributed by atoms with Crippen LogP contribution in [0.3, 0.4) is 0 Å². The van der Waals surface area contributed by atoms with E-state index in [1.54, 1.807) is 12.4 Å². The first-order chi connectivity index (χ1) is 16.7. The Morgan fingerprint density at radius 1 is 0.941 bits per heavy atom. The van der Waals surface area contributed by atoms with E-state index in [1.807, 2.05) is 48.5 Å². The van der Waals surface area contributed by atoms with Gasteiger partial charge in [-0.1, -0.05) is 18.2 Å². The van der Waals surface area contributed by atoms with Crippen LogP contribution in [0.1, 0.15) is 41.1 Å². The first-order valence-corrected chi connectivity index (χ1v) is 11.3. The number of ether oxygens (including phenoxy) is 1. The van der Waals surface area contributed by atoms with Gasteiger partial charge < -0.3 is 14.1 Å². The standard InChI is InChI=1S/C25H22N6O3/c32-20-15-25(34-21-6-2-1-5-18(20)21)9-12-31(13-10-25)22-8-7-19(27-28-22)24-30-29-23(33-24)14-17-4-3-11-26-16-17/h1-8,11,16H,9-10,12-15H2. The number of benzene rings is 1. The van der Waals surface area contributed by atoms with Gasteiger partial charge in [-0.3, -0.25) is 9.78 Å². The van der Waals surface area contributed by atoms with Crippen molar-refractivity contribution in [3.8, 4) is 17.3 Å². The summed E-state index contributed by atoms with van der Waals surface area (Å²) < 4.78 is 12.1. The second-order valence-corrected chi connectivity index (χ2v) is 8.68. The quantitative estimate of drug-likeness (QED) is 0.458. The van der Waals surface area contributed by atoms with Gasteiger partial charge in [-0.2, -0.15) is 0 Å². The van der Waals surface area contributed by atoms with Crippen molar-refractivity contribution < 1.29 is 13.9 Å². The first kappa shape index (κ1) is 20.5. The van der Waals surface area contributed by atoms with Crippen LogP contribution in [0.4, 0.5) is 5.82 Å². The Labute approximate surface area is 195 Å². The average Bonchev–Trinajstić information content (AvgIpc) is 3.34. The fourth-order valence-corrected chi connectivity index (χ4v) is 4.58. The fraction of sp³-hybridized carbons (Fsp3) is 0.280. The van der Waals surface area contributed by atoms with Crippen LogP contribution in [0.2, 0.25) is 0 Å². The molecule has 9 heteroatoms. The van der Waals surface area contributed by atoms with Gasteiger partial charge in [0, 0.05) is 38.3 Å². The van der Waals surface area contributed by atoms with E-state index < -0.39 is 5.60 Å². The number of aromatic nitrogens is 5. The van der Waals surface area contributed by atoms with Crippen LogP contribution in [0, 0.1) is 0 Å². The summed E-state index contributed by atoms with van der Waals surface area (Å²) in [5.41, 5.74) is 1.76. The molecule has 6 rings (SSSR count). The highest BCUT2D eigenvalue weighted by Gasteiger charge is 2.43. The minimum Gasteiger partial charge on any atom is -0.486 e. The molecule has 5 heterocycles. The van der Waals surface area contributed by atoms with Crippen LogP contribution in [-0.2, 0) is 6.42 Å². The second kappa shape index (κ2) is 8.33. The third kappa shape index (κ3) is 3.89. The van der Waals surface area contributed by atoms with Crippen LogP contribution in [0.5, 0.6) is 5.75 Å². The molecule has 2 aliphatic heterocycles. The summed E-state index contributed by atoms with van der Waals surface area (Å²) in [6.45, 7) is 1.47. The molecule has 0 atom stereocenters. The lowest BCUT2D eigenvalue weighted by Gasteiger charge is -2.44. The molecule has 0 amide bonds. The van der Waals surface area contributed by atoms with Gasteiger partial charge in [-0.05, 0) is 35.9 Å². The van der Waals surface area contributed by atoms with Crippen molar-refractivity contribution >= 4 is 11.6 Å². The number of pyridine rings is 1. The van der Waals surface area contributed by atoms with E-state index in [0.717, 1.165) is 37.3 Å². The zero-order valence-corrected chi connectivity index (χ0v) is 18.4. The molecule has 0 N–H and O–H groups in total. The molecule has 1 saturated heterocycles. The molecule has 0 unspecified atom stereocenters. The Balaban J connectivity index is 1.11. The predicted molar refractivity (Wildman–Crippen MR) is 123 cm³/mol. The Bertz CT molecular complexity index is 1310. The van der Waals surface area contributed by atoms with Crippen LogP contribution >= 0.6 is 0 Å². The minimum atomic E-state index is -0.441. The monoisotopic (exact) mass is 454 g/mol. The van der Waals surface area contributed by atoms with Crippen molar-refractivity contribution in [2.45, 2.75) is 31.3 Å². The number of fused-ring (bicyclic) bond motifs is 1. The molecule has 0 aliphatic carbocycles. The number of para-hydroxylation sites is 1. The number of Topliss-reactive ketones (excluding diaryl/α,β-unsaturated/α-hetero) is 1. The Morgan fingerprint density at radius 3 is 2.62 bits per heavy atom. The van der Waals surface area contributed by atoms with Crippen LogP contribution in [-0.4, -0.2) is 49.9 Å². The summed E-state index contributed by atoms with van der Waals surface area (Å²) in [6, 6.07) is 15.1. The highest BCUT2D eigenvalue weighted by molar-refractivity contribution is 6.00. The van der Waals surface area contributed by atoms with Gasteiger partial charge in [0.2, 0.25) is 5.89 Å². The molecule has 9 nitrogen and oxygen atoms in total. The van der Waals surface area contributed by atoms with Gasteiger partial charge in [0.05, 0.1) is 18.4 Å². The van der Waals surface area contributed by atoms with Gasteiger partial charge in [0.15, 0.2) is 11.6 Å². The number of carbonyl (C=O) groups is 1. The number of anilines is 1. The number of hydrogen-bond acceptors (Lipinski definition) is 9. The molecular weight excluding hydrogens is 432 g/mol. The fourth-order valence-electron chi connectivity index (χ4n) is 4.58. The number of rotatable bonds is 4. The van der Waals surface area contributed by atoms with Gasteiger partial charge in [-0.15, -0.1) is 20.4 Å². The van der Waals surface area contributed by atoms with Gasteiger partial charge in [0.1, 0.15) is 17.0 Å². The summed E-state index contributed by atoms with van der Waals surface area (Å²) in [4.78, 5) is 18.9. The molecule has 1 fully saturated rings. The average molecular weight is 454 g/mol. The van der Waals surface area contributed by atoms with Gasteiger partial charge in [0.25, 0.3) is 5.89 Å². The maximum Gasteiger partial charge on any atom is 0.268 e. The normalized spacial score (nSPS) is 16.8. The largest absolute Gasteiger partial charge is 0.486 e. The number of hydrogen-bond donors (Lipinski definition) is 0. The molecule has 170 valence electrons. The van der Waals surface area contributed by atoms with Gasteiger partial charge in [-0.25, -0.2) is 0 Å². The lowest BCUT2D eigenvalue weighted by Crippen LogP contribution is -2.51. The SMILES string of the molecule is O=C1CC2(CCN(c3ccc(-c4nnc(Cc5cccnc5)o4)nn3)CC2)Oc2ccccc21. The molecule has 0 radical (unpaired) electrons. The zero-order chi connectivity index (χ0) is 23.0. The predicted octanol–water partition coefficient (Wildman–Crippen LogP) is 3.52. The zero-order valence-electron chi connectivity index (χ0n) is 18.4. The minimum absolute atomic E-state index is 0.155. The Hall–Kier alpha value is -4.14.